The van der Waals surface area contributed by atoms with Crippen molar-refractivity contribution in [1.82, 2.24) is 9.78 Å². The van der Waals surface area contributed by atoms with Crippen molar-refractivity contribution in [1.29, 1.82) is 0 Å². The number of methoxy groups -OCH3 is 1. The molecule has 0 bridgehead atoms. The molecule has 0 radical (unpaired) electrons. The molecule has 2 aromatic rings. The quantitative estimate of drug-likeness (QED) is 0.447. The van der Waals surface area contributed by atoms with E-state index in [9.17, 15) is 0 Å². The summed E-state index contributed by atoms with van der Waals surface area (Å²) in [5.41, 5.74) is 8.93. The first-order valence-corrected chi connectivity index (χ1v) is 6.84. The summed E-state index contributed by atoms with van der Waals surface area (Å²) in [7, 11) is 3.54. The number of nitrogens with two attached hydrogens (primary N) is 1. The van der Waals surface area contributed by atoms with E-state index < -0.39 is 0 Å². The first kappa shape index (κ1) is 18.3. The normalized spacial score (nSPS) is 11.0. The summed E-state index contributed by atoms with van der Waals surface area (Å²) in [5, 5.41) is 7.44. The third-order valence-electron chi connectivity index (χ3n) is 3.11. The molecular weight excluding hydrogens is 393 g/mol. The summed E-state index contributed by atoms with van der Waals surface area (Å²) < 4.78 is 6.91. The van der Waals surface area contributed by atoms with Crippen LogP contribution in [0.4, 0.5) is 5.69 Å². The molecule has 1 aromatic carbocycles. The molecule has 3 N–H and O–H groups in total. The minimum atomic E-state index is 0. The van der Waals surface area contributed by atoms with E-state index >= 15 is 0 Å². The number of nitrogens with zero attached hydrogens (tertiary/aromatic N) is 3. The van der Waals surface area contributed by atoms with E-state index in [4.69, 9.17) is 10.5 Å². The van der Waals surface area contributed by atoms with Crippen LogP contribution in [0.15, 0.2) is 35.5 Å². The molecule has 1 heterocycles. The van der Waals surface area contributed by atoms with Gasteiger partial charge in [0.2, 0.25) is 0 Å². The standard InChI is InChI=1S/C15H21N5O.HI/c1-4-14-11(10-20(2)19-14)9-17-15(16)18-12-5-7-13(21-3)8-6-12;/h5-8,10H,4,9H2,1-3H3,(H3,16,17,18);1H. The molecule has 0 aliphatic rings. The molecule has 0 spiro atoms. The lowest BCUT2D eigenvalue weighted by Crippen LogP contribution is -2.22. The van der Waals surface area contributed by atoms with Crippen LogP contribution in [0.1, 0.15) is 18.2 Å². The molecular formula is C15H22IN5O. The minimum absolute atomic E-state index is 0. The van der Waals surface area contributed by atoms with Gasteiger partial charge in [0.25, 0.3) is 0 Å². The number of hydrogen-bond donors (Lipinski definition) is 2. The smallest absolute Gasteiger partial charge is 0.193 e. The minimum Gasteiger partial charge on any atom is -0.497 e. The van der Waals surface area contributed by atoms with Crippen molar-refractivity contribution in [2.75, 3.05) is 12.4 Å². The average Bonchev–Trinajstić information content (AvgIpc) is 2.86. The predicted octanol–water partition coefficient (Wildman–Crippen LogP) is 2.54. The molecule has 0 saturated heterocycles. The lowest BCUT2D eigenvalue weighted by atomic mass is 10.2. The van der Waals surface area contributed by atoms with Crippen LogP contribution in [-0.4, -0.2) is 22.8 Å². The van der Waals surface area contributed by atoms with Crippen molar-refractivity contribution in [3.63, 3.8) is 0 Å². The van der Waals surface area contributed by atoms with Crippen molar-refractivity contribution in [3.8, 4) is 5.75 Å². The van der Waals surface area contributed by atoms with Gasteiger partial charge in [-0.3, -0.25) is 4.68 Å². The summed E-state index contributed by atoms with van der Waals surface area (Å²) in [4.78, 5) is 4.35. The van der Waals surface area contributed by atoms with Crippen LogP contribution in [0.5, 0.6) is 5.75 Å². The number of nitrogens with one attached hydrogen (secondary N) is 1. The van der Waals surface area contributed by atoms with Gasteiger partial charge in [0.15, 0.2) is 5.96 Å². The van der Waals surface area contributed by atoms with E-state index in [-0.39, 0.29) is 24.0 Å². The zero-order valence-corrected chi connectivity index (χ0v) is 15.4. The Bertz CT molecular complexity index is 621. The summed E-state index contributed by atoms with van der Waals surface area (Å²) in [5.74, 6) is 1.19. The fourth-order valence-electron chi connectivity index (χ4n) is 2.05. The van der Waals surface area contributed by atoms with Crippen LogP contribution < -0.4 is 15.8 Å². The Hall–Kier alpha value is -1.77. The summed E-state index contributed by atoms with van der Waals surface area (Å²) in [6, 6.07) is 7.52. The molecule has 0 fully saturated rings. The first-order chi connectivity index (χ1) is 10.1. The third kappa shape index (κ3) is 4.90. The molecule has 7 heteroatoms. The fraction of sp³-hybridized carbons (Fsp3) is 0.333. The maximum absolute atomic E-state index is 5.90. The van der Waals surface area contributed by atoms with Crippen LogP contribution in [0.25, 0.3) is 0 Å². The molecule has 0 unspecified atom stereocenters. The highest BCUT2D eigenvalue weighted by atomic mass is 127. The van der Waals surface area contributed by atoms with E-state index in [1.165, 1.54) is 0 Å². The van der Waals surface area contributed by atoms with Gasteiger partial charge in [0.1, 0.15) is 5.75 Å². The Kier molecular flexibility index (Phi) is 7.16. The van der Waals surface area contributed by atoms with Gasteiger partial charge in [-0.1, -0.05) is 6.92 Å². The highest BCUT2D eigenvalue weighted by Gasteiger charge is 2.05. The SMILES string of the molecule is CCc1nn(C)cc1CN=C(N)Nc1ccc(OC)cc1.I. The van der Waals surface area contributed by atoms with E-state index in [2.05, 4.69) is 22.3 Å². The molecule has 0 saturated carbocycles. The van der Waals surface area contributed by atoms with Gasteiger partial charge in [0, 0.05) is 24.5 Å². The second-order valence-electron chi connectivity index (χ2n) is 4.68. The number of benzene rings is 1. The Labute approximate surface area is 147 Å². The first-order valence-electron chi connectivity index (χ1n) is 6.84. The van der Waals surface area contributed by atoms with Gasteiger partial charge >= 0.3 is 0 Å². The van der Waals surface area contributed by atoms with E-state index in [1.54, 1.807) is 11.8 Å². The number of rotatable bonds is 5. The average molecular weight is 415 g/mol. The Morgan fingerprint density at radius 3 is 2.64 bits per heavy atom. The number of aliphatic imine (C=N–C) groups is 1. The van der Waals surface area contributed by atoms with Crippen molar-refractivity contribution in [2.24, 2.45) is 17.8 Å². The van der Waals surface area contributed by atoms with Crippen LogP contribution >= 0.6 is 24.0 Å². The van der Waals surface area contributed by atoms with Crippen LogP contribution in [0, 0.1) is 0 Å². The maximum atomic E-state index is 5.90. The number of ether oxygens (including phenoxy) is 1. The zero-order valence-electron chi connectivity index (χ0n) is 13.0. The van der Waals surface area contributed by atoms with Gasteiger partial charge in [0.05, 0.1) is 19.3 Å². The Morgan fingerprint density at radius 1 is 1.36 bits per heavy atom. The second kappa shape index (κ2) is 8.62. The van der Waals surface area contributed by atoms with E-state index in [0.29, 0.717) is 12.5 Å². The summed E-state index contributed by atoms with van der Waals surface area (Å²) >= 11 is 0. The van der Waals surface area contributed by atoms with Gasteiger partial charge in [-0.2, -0.15) is 5.10 Å². The van der Waals surface area contributed by atoms with Crippen LogP contribution in [0.3, 0.4) is 0 Å². The molecule has 1 aromatic heterocycles. The molecule has 0 amide bonds. The van der Waals surface area contributed by atoms with E-state index in [0.717, 1.165) is 29.1 Å². The number of hydrogen-bond acceptors (Lipinski definition) is 3. The highest BCUT2D eigenvalue weighted by Crippen LogP contribution is 2.15. The number of guanidine groups is 1. The van der Waals surface area contributed by atoms with Gasteiger partial charge in [-0.05, 0) is 30.7 Å². The third-order valence-corrected chi connectivity index (χ3v) is 3.11. The number of aromatic nitrogens is 2. The van der Waals surface area contributed by atoms with Crippen LogP contribution in [0.2, 0.25) is 0 Å². The summed E-state index contributed by atoms with van der Waals surface area (Å²) in [6.45, 7) is 2.60. The van der Waals surface area contributed by atoms with Gasteiger partial charge < -0.3 is 15.8 Å². The Morgan fingerprint density at radius 2 is 2.05 bits per heavy atom. The lowest BCUT2D eigenvalue weighted by molar-refractivity contribution is 0.415. The van der Waals surface area contributed by atoms with Crippen molar-refractivity contribution < 1.29 is 4.74 Å². The number of halogens is 1. The largest absolute Gasteiger partial charge is 0.497 e. The van der Waals surface area contributed by atoms with Gasteiger partial charge in [-0.25, -0.2) is 4.99 Å². The Balaban J connectivity index is 0.00000242. The molecule has 2 rings (SSSR count). The predicted molar refractivity (Wildman–Crippen MR) is 99.9 cm³/mol. The molecule has 0 atom stereocenters. The molecule has 0 aliphatic heterocycles. The molecule has 120 valence electrons. The van der Waals surface area contributed by atoms with Crippen LogP contribution in [-0.2, 0) is 20.0 Å². The monoisotopic (exact) mass is 415 g/mol. The number of aryl methyl sites for hydroxylation is 2. The van der Waals surface area contributed by atoms with Gasteiger partial charge in [-0.15, -0.1) is 24.0 Å². The number of anilines is 1. The fourth-order valence-corrected chi connectivity index (χ4v) is 2.05. The topological polar surface area (TPSA) is 77.5 Å². The molecule has 6 nitrogen and oxygen atoms in total. The van der Waals surface area contributed by atoms with E-state index in [1.807, 2.05) is 37.5 Å². The van der Waals surface area contributed by atoms with Crippen molar-refractivity contribution >= 4 is 35.6 Å². The highest BCUT2D eigenvalue weighted by molar-refractivity contribution is 14.0. The molecule has 22 heavy (non-hydrogen) atoms. The summed E-state index contributed by atoms with van der Waals surface area (Å²) in [6.07, 6.45) is 2.86. The maximum Gasteiger partial charge on any atom is 0.193 e. The zero-order chi connectivity index (χ0) is 15.2. The lowest BCUT2D eigenvalue weighted by Gasteiger charge is -2.06. The van der Waals surface area contributed by atoms with Crippen molar-refractivity contribution in [2.45, 2.75) is 19.9 Å². The molecule has 0 aliphatic carbocycles. The van der Waals surface area contributed by atoms with Crippen molar-refractivity contribution in [3.05, 3.63) is 41.7 Å². The second-order valence-corrected chi connectivity index (χ2v) is 4.68.